The summed E-state index contributed by atoms with van der Waals surface area (Å²) in [6.07, 6.45) is 1.76. The second kappa shape index (κ2) is 6.58. The zero-order valence-corrected chi connectivity index (χ0v) is 13.2. The third-order valence-electron chi connectivity index (χ3n) is 4.45. The molecule has 5 heteroatoms. The van der Waals surface area contributed by atoms with Gasteiger partial charge in [0.1, 0.15) is 0 Å². The summed E-state index contributed by atoms with van der Waals surface area (Å²) in [4.78, 5) is 6.64. The van der Waals surface area contributed by atoms with Gasteiger partial charge in [0, 0.05) is 12.1 Å². The highest BCUT2D eigenvalue weighted by atomic mass is 16.5. The van der Waals surface area contributed by atoms with Crippen molar-refractivity contribution in [3.63, 3.8) is 0 Å². The van der Waals surface area contributed by atoms with E-state index < -0.39 is 0 Å². The second-order valence-corrected chi connectivity index (χ2v) is 6.13. The van der Waals surface area contributed by atoms with Gasteiger partial charge in [-0.25, -0.2) is 0 Å². The van der Waals surface area contributed by atoms with Gasteiger partial charge in [-0.3, -0.25) is 4.90 Å². The molecule has 1 N–H and O–H groups in total. The van der Waals surface area contributed by atoms with Crippen LogP contribution in [-0.2, 0) is 13.0 Å². The molecule has 5 nitrogen and oxygen atoms in total. The summed E-state index contributed by atoms with van der Waals surface area (Å²) in [6.45, 7) is 6.46. The summed E-state index contributed by atoms with van der Waals surface area (Å²) >= 11 is 0. The van der Waals surface area contributed by atoms with Gasteiger partial charge in [0.05, 0.1) is 12.6 Å². The molecule has 2 unspecified atom stereocenters. The van der Waals surface area contributed by atoms with Crippen LogP contribution in [-0.4, -0.2) is 39.3 Å². The number of rotatable bonds is 4. The number of aliphatic hydroxyl groups excluding tert-OH is 1. The quantitative estimate of drug-likeness (QED) is 0.940. The first kappa shape index (κ1) is 15.2. The van der Waals surface area contributed by atoms with Crippen molar-refractivity contribution in [2.75, 3.05) is 13.1 Å². The molecular formula is C17H23N3O2. The lowest BCUT2D eigenvalue weighted by molar-refractivity contribution is 0.0220. The van der Waals surface area contributed by atoms with Crippen LogP contribution < -0.4 is 0 Å². The Morgan fingerprint density at radius 3 is 2.77 bits per heavy atom. The number of benzene rings is 1. The molecule has 1 aliphatic heterocycles. The van der Waals surface area contributed by atoms with Crippen LogP contribution in [0.2, 0.25) is 0 Å². The Morgan fingerprint density at radius 1 is 1.32 bits per heavy atom. The van der Waals surface area contributed by atoms with E-state index in [1.807, 2.05) is 12.1 Å². The number of likely N-dealkylation sites (tertiary alicyclic amines) is 1. The van der Waals surface area contributed by atoms with Gasteiger partial charge in [-0.1, -0.05) is 43.3 Å². The van der Waals surface area contributed by atoms with Crippen LogP contribution in [0.25, 0.3) is 11.4 Å². The SMILES string of the molecule is CCc1ccc(-c2noc(CN3CCC(C)C(O)C3)n2)cc1. The van der Waals surface area contributed by atoms with Crippen molar-refractivity contribution < 1.29 is 9.63 Å². The molecule has 2 heterocycles. The minimum Gasteiger partial charge on any atom is -0.392 e. The average Bonchev–Trinajstić information content (AvgIpc) is 2.99. The summed E-state index contributed by atoms with van der Waals surface area (Å²) in [5, 5.41) is 14.0. The molecule has 0 bridgehead atoms. The third kappa shape index (κ3) is 3.36. The van der Waals surface area contributed by atoms with Crippen molar-refractivity contribution >= 4 is 0 Å². The standard InChI is InChI=1S/C17H23N3O2/c1-3-13-4-6-14(7-5-13)17-18-16(22-19-17)11-20-9-8-12(2)15(21)10-20/h4-7,12,15,21H,3,8-11H2,1-2H3. The maximum absolute atomic E-state index is 9.95. The number of piperidine rings is 1. The molecule has 1 aromatic heterocycles. The number of hydrogen-bond donors (Lipinski definition) is 1. The average molecular weight is 301 g/mol. The molecule has 0 radical (unpaired) electrons. The zero-order chi connectivity index (χ0) is 15.5. The van der Waals surface area contributed by atoms with E-state index in [-0.39, 0.29) is 6.10 Å². The van der Waals surface area contributed by atoms with Crippen LogP contribution in [0.15, 0.2) is 28.8 Å². The summed E-state index contributed by atoms with van der Waals surface area (Å²) < 4.78 is 5.36. The number of nitrogens with zero attached hydrogens (tertiary/aromatic N) is 3. The fraction of sp³-hybridized carbons (Fsp3) is 0.529. The highest BCUT2D eigenvalue weighted by Gasteiger charge is 2.25. The van der Waals surface area contributed by atoms with Crippen LogP contribution in [0.3, 0.4) is 0 Å². The first-order valence-corrected chi connectivity index (χ1v) is 7.98. The van der Waals surface area contributed by atoms with E-state index in [0.29, 0.717) is 30.7 Å². The van der Waals surface area contributed by atoms with Crippen LogP contribution in [0, 0.1) is 5.92 Å². The predicted molar refractivity (Wildman–Crippen MR) is 84.2 cm³/mol. The number of hydrogen-bond acceptors (Lipinski definition) is 5. The third-order valence-corrected chi connectivity index (χ3v) is 4.45. The highest BCUT2D eigenvalue weighted by Crippen LogP contribution is 2.20. The Kier molecular flexibility index (Phi) is 4.55. The monoisotopic (exact) mass is 301 g/mol. The van der Waals surface area contributed by atoms with Gasteiger partial charge in [-0.05, 0) is 30.9 Å². The molecule has 22 heavy (non-hydrogen) atoms. The normalized spacial score (nSPS) is 22.9. The molecule has 118 valence electrons. The molecule has 1 aromatic carbocycles. The molecule has 0 spiro atoms. The van der Waals surface area contributed by atoms with Crippen LogP contribution >= 0.6 is 0 Å². The number of aliphatic hydroxyl groups is 1. The smallest absolute Gasteiger partial charge is 0.241 e. The summed E-state index contributed by atoms with van der Waals surface area (Å²) in [7, 11) is 0. The van der Waals surface area contributed by atoms with Gasteiger partial charge in [0.2, 0.25) is 11.7 Å². The Balaban J connectivity index is 1.65. The molecule has 3 rings (SSSR count). The fourth-order valence-corrected chi connectivity index (χ4v) is 2.78. The van der Waals surface area contributed by atoms with Gasteiger partial charge in [-0.2, -0.15) is 4.98 Å². The van der Waals surface area contributed by atoms with Crippen molar-refractivity contribution in [2.45, 2.75) is 39.3 Å². The number of aromatic nitrogens is 2. The Labute approximate surface area is 131 Å². The zero-order valence-electron chi connectivity index (χ0n) is 13.2. The van der Waals surface area contributed by atoms with Crippen LogP contribution in [0.1, 0.15) is 31.7 Å². The Hall–Kier alpha value is -1.72. The maximum atomic E-state index is 9.95. The van der Waals surface area contributed by atoms with Crippen LogP contribution in [0.5, 0.6) is 0 Å². The van der Waals surface area contributed by atoms with E-state index in [1.54, 1.807) is 0 Å². The van der Waals surface area contributed by atoms with Gasteiger partial charge in [0.15, 0.2) is 0 Å². The molecule has 1 fully saturated rings. The lowest BCUT2D eigenvalue weighted by Crippen LogP contribution is -2.42. The van der Waals surface area contributed by atoms with Gasteiger partial charge < -0.3 is 9.63 Å². The molecule has 2 aromatic rings. The van der Waals surface area contributed by atoms with Gasteiger partial charge in [-0.15, -0.1) is 0 Å². The molecule has 0 amide bonds. The predicted octanol–water partition coefficient (Wildman–Crippen LogP) is 2.50. The fourth-order valence-electron chi connectivity index (χ4n) is 2.78. The van der Waals surface area contributed by atoms with Crippen molar-refractivity contribution in [2.24, 2.45) is 5.92 Å². The van der Waals surface area contributed by atoms with Crippen molar-refractivity contribution in [3.8, 4) is 11.4 Å². The van der Waals surface area contributed by atoms with Crippen LogP contribution in [0.4, 0.5) is 0 Å². The maximum Gasteiger partial charge on any atom is 0.241 e. The number of β-amino-alcohol motifs (C(OH)–C–C–N with tert-alkyl or cyclic N) is 1. The second-order valence-electron chi connectivity index (χ2n) is 6.13. The summed E-state index contributed by atoms with van der Waals surface area (Å²) in [6, 6.07) is 8.24. The van der Waals surface area contributed by atoms with Crippen molar-refractivity contribution in [1.29, 1.82) is 0 Å². The van der Waals surface area contributed by atoms with E-state index in [0.717, 1.165) is 24.9 Å². The topological polar surface area (TPSA) is 62.4 Å². The summed E-state index contributed by atoms with van der Waals surface area (Å²) in [5.41, 5.74) is 2.27. The van der Waals surface area contributed by atoms with E-state index in [4.69, 9.17) is 4.52 Å². The molecule has 2 atom stereocenters. The lowest BCUT2D eigenvalue weighted by atomic mass is 9.96. The van der Waals surface area contributed by atoms with E-state index in [1.165, 1.54) is 5.56 Å². The molecular weight excluding hydrogens is 278 g/mol. The first-order chi connectivity index (χ1) is 10.7. The van der Waals surface area contributed by atoms with Crippen molar-refractivity contribution in [3.05, 3.63) is 35.7 Å². The summed E-state index contributed by atoms with van der Waals surface area (Å²) in [5.74, 6) is 1.60. The number of aryl methyl sites for hydroxylation is 1. The van der Waals surface area contributed by atoms with E-state index in [2.05, 4.69) is 41.0 Å². The minimum absolute atomic E-state index is 0.266. The Morgan fingerprint density at radius 2 is 2.09 bits per heavy atom. The van der Waals surface area contributed by atoms with Gasteiger partial charge >= 0.3 is 0 Å². The largest absolute Gasteiger partial charge is 0.392 e. The van der Waals surface area contributed by atoms with E-state index >= 15 is 0 Å². The molecule has 0 aliphatic carbocycles. The van der Waals surface area contributed by atoms with Crippen molar-refractivity contribution in [1.82, 2.24) is 15.0 Å². The van der Waals surface area contributed by atoms with Gasteiger partial charge in [0.25, 0.3) is 0 Å². The Bertz CT molecular complexity index is 609. The molecule has 1 saturated heterocycles. The molecule has 1 aliphatic rings. The lowest BCUT2D eigenvalue weighted by Gasteiger charge is -2.33. The van der Waals surface area contributed by atoms with E-state index in [9.17, 15) is 5.11 Å². The highest BCUT2D eigenvalue weighted by molar-refractivity contribution is 5.54. The first-order valence-electron chi connectivity index (χ1n) is 7.98. The minimum atomic E-state index is -0.266. The molecule has 0 saturated carbocycles.